The number of aliphatic hydroxyl groups excluding tert-OH is 2. The summed E-state index contributed by atoms with van der Waals surface area (Å²) < 4.78 is 48.1. The molecule has 26 atom stereocenters. The van der Waals surface area contributed by atoms with Gasteiger partial charge in [0.1, 0.15) is 17.3 Å². The van der Waals surface area contributed by atoms with Gasteiger partial charge in [-0.1, -0.05) is 83.9 Å². The van der Waals surface area contributed by atoms with Crippen LogP contribution in [-0.2, 0) is 52.3 Å². The van der Waals surface area contributed by atoms with Gasteiger partial charge in [0.15, 0.2) is 11.6 Å². The Morgan fingerprint density at radius 2 is 0.764 bits per heavy atom. The second kappa shape index (κ2) is 41.1. The van der Waals surface area contributed by atoms with Gasteiger partial charge in [-0.3, -0.25) is 14.4 Å². The summed E-state index contributed by atoms with van der Waals surface area (Å²) in [5, 5.41) is 25.6. The summed E-state index contributed by atoms with van der Waals surface area (Å²) in [5.41, 5.74) is 3.45. The zero-order valence-electron chi connectivity index (χ0n) is 76.2. The normalized spacial score (nSPS) is 42.1. The van der Waals surface area contributed by atoms with E-state index in [4.69, 9.17) is 37.9 Å². The standard InChI is InChI=1S/C24H38O5.C22H36O2.C20H20BrP.C20H32O3.C20H30O3.6CH4/c1-21-7-5-20-18(19(21)6-8-24(21)28-13-14-29-24)4-3-17-15-23(26-11-12-27-23)10-9-22(17,20)16-25-2;1-4-15-6-8-19-18-7-5-16-13-17(23)9-12-22(16,14-24-3)20(18)10-11-21(15,19)2;1-22(17-21,18-11-5-2-6-12-18,19-13-7-3-8-14-19)20-15-9-4-10-16-20;2*1-19-9-8-17-15(16(19)5-6-18(19)22)4-3-13-11-14(21)7-10-20(13,17)12-23-2;;;;;;/h17-20H,3-16H2,1-2H3;4,16-20,23H,5-14H2,1-3H3;2-16H,17H2,1H3;13-17,21H,3-12H2,1-2H3;13,15-17H,3-12H2,1-2H3;6*1H4/b;15-4-;;;;;;;;;/t17-,18-,19-,20-,21-,22+;16-,17+,18-,19-,20-,21+,22+;;13-,14+,15-,16-,17-,19-,20+;13-,15-,16-,17-,19-,20+;;;;;;/m00.00....../s1. The molecule has 0 amide bonds. The van der Waals surface area contributed by atoms with E-state index in [1.807, 2.05) is 28.4 Å². The van der Waals surface area contributed by atoms with Crippen molar-refractivity contribution in [1.29, 1.82) is 0 Å². The number of hydrogen-bond acceptors (Lipinski definition) is 13. The molecule has 718 valence electrons. The first-order valence-corrected chi connectivity index (χ1v) is 53.2. The summed E-state index contributed by atoms with van der Waals surface area (Å²) in [6.07, 6.45) is 43.2. The molecule has 2 spiro atoms. The van der Waals surface area contributed by atoms with Crippen LogP contribution in [0.1, 0.15) is 310 Å². The molecule has 3 aromatic carbocycles. The van der Waals surface area contributed by atoms with Crippen LogP contribution in [0.3, 0.4) is 0 Å². The first-order chi connectivity index (χ1) is 58.3. The Hall–Kier alpha value is -3.08. The third-order valence-corrected chi connectivity index (χ3v) is 50.2. The molecule has 0 bridgehead atoms. The zero-order chi connectivity index (χ0) is 84.7. The van der Waals surface area contributed by atoms with E-state index in [1.165, 1.54) is 125 Å². The van der Waals surface area contributed by atoms with Crippen LogP contribution in [0.4, 0.5) is 0 Å². The summed E-state index contributed by atoms with van der Waals surface area (Å²) >= 11 is 3.90. The number of methoxy groups -OCH3 is 4. The first kappa shape index (κ1) is 104. The average Bonchev–Trinajstić information content (AvgIpc) is 1.66. The van der Waals surface area contributed by atoms with Crippen molar-refractivity contribution in [3.63, 3.8) is 0 Å². The topological polar surface area (TPSA) is 166 Å². The molecule has 16 aliphatic carbocycles. The number of Topliss-reactive ketones (excluding diaryl/α,β-unsaturated/α-hetero) is 3. The van der Waals surface area contributed by atoms with Crippen LogP contribution < -0.4 is 15.9 Å². The van der Waals surface area contributed by atoms with E-state index in [0.717, 1.165) is 215 Å². The van der Waals surface area contributed by atoms with Gasteiger partial charge in [0.2, 0.25) is 0 Å². The van der Waals surface area contributed by atoms with Crippen molar-refractivity contribution >= 4 is 55.8 Å². The van der Waals surface area contributed by atoms with E-state index in [1.54, 1.807) is 5.57 Å². The van der Waals surface area contributed by atoms with Crippen molar-refractivity contribution in [1.82, 2.24) is 0 Å². The minimum atomic E-state index is -2.48. The molecule has 0 unspecified atom stereocenters. The second-order valence-electron chi connectivity index (χ2n) is 44.7. The van der Waals surface area contributed by atoms with Gasteiger partial charge >= 0.3 is 141 Å². The Morgan fingerprint density at radius 3 is 1.20 bits per heavy atom. The van der Waals surface area contributed by atoms with E-state index >= 15 is 0 Å². The molecule has 2 aliphatic heterocycles. The van der Waals surface area contributed by atoms with Crippen molar-refractivity contribution in [2.75, 3.05) is 93.0 Å². The van der Waals surface area contributed by atoms with Gasteiger partial charge in [-0.05, 0) is 304 Å². The number of carbonyl (C=O) groups excluding carboxylic acids is 3. The number of aliphatic hydroxyl groups is 2. The number of alkyl halides is 1. The predicted molar refractivity (Wildman–Crippen MR) is 527 cm³/mol. The number of halogens is 1. The molecule has 21 rings (SSSR count). The molecule has 0 radical (unpaired) electrons. The van der Waals surface area contributed by atoms with Crippen LogP contribution in [0.15, 0.2) is 103 Å². The third-order valence-electron chi connectivity index (χ3n) is 40.8. The molecular formula is C112H180BrO13P. The monoisotopic (exact) mass is 1840 g/mol. The van der Waals surface area contributed by atoms with Crippen molar-refractivity contribution in [2.45, 2.75) is 334 Å². The minimum absolute atomic E-state index is 0. The molecule has 127 heavy (non-hydrogen) atoms. The number of ether oxygens (including phenoxy) is 8. The fraction of sp³-hybridized carbons (Fsp3) is 0.795. The van der Waals surface area contributed by atoms with Gasteiger partial charge in [0.05, 0.1) is 65.1 Å². The Kier molecular flexibility index (Phi) is 33.8. The quantitative estimate of drug-likeness (QED) is 0.100. The van der Waals surface area contributed by atoms with Crippen LogP contribution in [0.25, 0.3) is 0 Å². The second-order valence-corrected chi connectivity index (χ2v) is 51.6. The summed E-state index contributed by atoms with van der Waals surface area (Å²) in [7, 11) is 7.45. The summed E-state index contributed by atoms with van der Waals surface area (Å²) in [4.78, 5) is 37.0. The van der Waals surface area contributed by atoms with Crippen molar-refractivity contribution < 1.29 is 62.5 Å². The molecule has 0 aromatic heterocycles. The number of benzene rings is 3. The summed E-state index contributed by atoms with van der Waals surface area (Å²) in [6.45, 7) is 18.3. The Morgan fingerprint density at radius 1 is 0.394 bits per heavy atom. The molecule has 3 aromatic rings. The number of allylic oxidation sites excluding steroid dienone is 2. The molecule has 18 fully saturated rings. The molecule has 18 aliphatic rings. The van der Waals surface area contributed by atoms with Gasteiger partial charge < -0.3 is 48.1 Å². The molecule has 2 heterocycles. The van der Waals surface area contributed by atoms with Gasteiger partial charge in [0, 0.05) is 100 Å². The van der Waals surface area contributed by atoms with Crippen LogP contribution >= 0.6 is 22.5 Å². The number of ketones is 3. The maximum atomic E-state index is 12.5. The third kappa shape index (κ3) is 17.2. The van der Waals surface area contributed by atoms with E-state index in [0.29, 0.717) is 92.8 Å². The SMILES string of the molecule is C.C.C.C.C.C.C/C=C1/CC[C@H]2[C@@H]3CC[C@H]4C[C@H](O)CC[C@]4(COC)[C@H]3CC[C@]12C.COC[C@]12CCC(=O)C[C@@H]1CC[C@@H]1[C@@H]2CC[C@]2(C)C(=O)CC[C@@H]12.COC[C@]12CCC3(C[C@@H]1CC[C@@H]1[C@@H]2CC[C@@]2(C)[C@H]1CCC21OCCO1)OCCO3.COC[C@]12CC[C@@H](O)C[C@@H]1CC[C@@H]1[C@@H]2CC[C@]2(C)C(=O)CC[C@@H]12.CP(CBr)(c1ccccc1)(c1ccccc1)c1ccccc1. The fourth-order valence-corrected chi connectivity index (χ4v) is 41.6. The maximum absolute atomic E-state index is 12.5. The Balaban J connectivity index is 0.000000153. The van der Waals surface area contributed by atoms with Crippen molar-refractivity contribution in [2.24, 2.45) is 138 Å². The van der Waals surface area contributed by atoms with Crippen LogP contribution in [0.2, 0.25) is 0 Å². The van der Waals surface area contributed by atoms with E-state index in [-0.39, 0.29) is 95.4 Å². The molecular weight excluding hydrogens is 1660 g/mol. The van der Waals surface area contributed by atoms with Gasteiger partial charge in [-0.25, -0.2) is 0 Å². The van der Waals surface area contributed by atoms with E-state index < -0.39 is 6.60 Å². The Labute approximate surface area is 781 Å². The van der Waals surface area contributed by atoms with E-state index in [9.17, 15) is 24.6 Å². The van der Waals surface area contributed by atoms with Crippen LogP contribution in [0, 0.1) is 138 Å². The molecule has 13 nitrogen and oxygen atoms in total. The van der Waals surface area contributed by atoms with Crippen LogP contribution in [0.5, 0.6) is 0 Å². The summed E-state index contributed by atoms with van der Waals surface area (Å²) in [5.74, 6) is 12.2. The molecule has 2 N–H and O–H groups in total. The Bertz CT molecular complexity index is 4010. The number of fused-ring (bicyclic) bond motifs is 21. The van der Waals surface area contributed by atoms with Gasteiger partial charge in [-0.15, -0.1) is 0 Å². The predicted octanol–water partition coefficient (Wildman–Crippen LogP) is 24.8. The molecule has 2 saturated heterocycles. The van der Waals surface area contributed by atoms with Gasteiger partial charge in [0.25, 0.3) is 0 Å². The van der Waals surface area contributed by atoms with Crippen molar-refractivity contribution in [3.05, 3.63) is 103 Å². The first-order valence-electron chi connectivity index (χ1n) is 49.2. The molecule has 16 saturated carbocycles. The number of hydrogen-bond donors (Lipinski definition) is 2. The van der Waals surface area contributed by atoms with Crippen molar-refractivity contribution in [3.8, 4) is 0 Å². The number of rotatable bonds is 12. The van der Waals surface area contributed by atoms with Gasteiger partial charge in [-0.2, -0.15) is 0 Å². The zero-order valence-corrected chi connectivity index (χ0v) is 78.6. The fourth-order valence-electron chi connectivity index (χ4n) is 34.8. The van der Waals surface area contributed by atoms with Crippen LogP contribution in [-0.4, -0.2) is 144 Å². The molecule has 15 heteroatoms. The number of carbonyl (C=O) groups is 3. The van der Waals surface area contributed by atoms with E-state index in [2.05, 4.69) is 154 Å². The average molecular weight is 1850 g/mol. The summed E-state index contributed by atoms with van der Waals surface area (Å²) in [6, 6.07) is 32.8.